The van der Waals surface area contributed by atoms with Crippen LogP contribution in [0.4, 0.5) is 19.0 Å². The van der Waals surface area contributed by atoms with Crippen LogP contribution in [0.1, 0.15) is 36.7 Å². The van der Waals surface area contributed by atoms with E-state index < -0.39 is 37.5 Å². The van der Waals surface area contributed by atoms with Crippen molar-refractivity contribution in [2.24, 2.45) is 0 Å². The molecule has 28 heteroatoms. The predicted molar refractivity (Wildman–Crippen MR) is 267 cm³/mol. The summed E-state index contributed by atoms with van der Waals surface area (Å²) in [5.74, 6) is -4.38. The summed E-state index contributed by atoms with van der Waals surface area (Å²) >= 11 is 14.6. The third kappa shape index (κ3) is 20.9. The average molecular weight is 1120 g/mol. The van der Waals surface area contributed by atoms with Crippen molar-refractivity contribution in [1.82, 2.24) is 34.7 Å². The van der Waals surface area contributed by atoms with Crippen molar-refractivity contribution in [3.63, 3.8) is 0 Å². The van der Waals surface area contributed by atoms with E-state index in [-0.39, 0.29) is 56.0 Å². The van der Waals surface area contributed by atoms with Crippen LogP contribution in [0.2, 0.25) is 10.3 Å². The second-order valence-corrected chi connectivity index (χ2v) is 19.3. The van der Waals surface area contributed by atoms with Crippen molar-refractivity contribution in [2.45, 2.75) is 51.3 Å². The maximum absolute atomic E-state index is 13.6. The highest BCUT2D eigenvalue weighted by atomic mass is 35.5. The van der Waals surface area contributed by atoms with Crippen molar-refractivity contribution in [1.29, 1.82) is 0 Å². The van der Waals surface area contributed by atoms with Crippen LogP contribution in [0.5, 0.6) is 5.75 Å². The molecule has 2 N–H and O–H groups in total. The molecule has 0 aliphatic carbocycles. The molecule has 0 amide bonds. The first kappa shape index (κ1) is 59.4. The quantitative estimate of drug-likeness (QED) is 0.0149. The minimum Gasteiger partial charge on any atom is -0.420 e. The fraction of sp³-hybridized carbons (Fsp3) is 0.565. The summed E-state index contributed by atoms with van der Waals surface area (Å²) in [7, 11) is -1.95. The van der Waals surface area contributed by atoms with Crippen molar-refractivity contribution >= 4 is 66.2 Å². The Morgan fingerprint density at radius 1 is 0.811 bits per heavy atom. The Balaban J connectivity index is 0.748. The smallest absolute Gasteiger partial charge is 0.313 e. The van der Waals surface area contributed by atoms with Crippen LogP contribution in [0.15, 0.2) is 48.8 Å². The first-order valence-corrected chi connectivity index (χ1v) is 27.0. The van der Waals surface area contributed by atoms with Gasteiger partial charge in [-0.2, -0.15) is 15.1 Å². The van der Waals surface area contributed by atoms with E-state index in [0.29, 0.717) is 144 Å². The van der Waals surface area contributed by atoms with E-state index in [1.54, 1.807) is 21.8 Å². The largest absolute Gasteiger partial charge is 0.420 e. The predicted octanol–water partition coefficient (Wildman–Crippen LogP) is 6.14. The molecule has 0 bridgehead atoms. The molecule has 21 nitrogen and oxygen atoms in total. The molecule has 74 heavy (non-hydrogen) atoms. The highest BCUT2D eigenvalue weighted by Crippen LogP contribution is 2.36. The zero-order valence-electron chi connectivity index (χ0n) is 40.5. The van der Waals surface area contributed by atoms with Crippen LogP contribution in [0.3, 0.4) is 0 Å². The second kappa shape index (κ2) is 33.3. The zero-order valence-corrected chi connectivity index (χ0v) is 43.7. The van der Waals surface area contributed by atoms with Crippen LogP contribution in [0, 0.1) is 17.5 Å². The summed E-state index contributed by atoms with van der Waals surface area (Å²) in [5.41, 5.74) is 2.40. The lowest BCUT2D eigenvalue weighted by Gasteiger charge is -2.25. The van der Waals surface area contributed by atoms with Gasteiger partial charge in [-0.05, 0) is 36.1 Å². The number of aromatic nitrogens is 7. The standard InChI is InChI=1S/C46H60Cl2F3N8O13PS/c47-38-4-2-1-3-33(38)28-57(44-37-27-52-59(45(37)54-46(48)53-44)41-6-5-36(71-41)31-74-32-73(61)62)8-11-64-14-17-67-21-22-69-23-24-70-30-35-29-58(56-55-35)9-12-65-15-18-68-20-19-66-16-13-63-10-7-42(60)72-43-39(50)25-34(49)26-40(43)51/h1-4,25-27,29,36,41,61-62H,5-24,28,30-32H2. The summed E-state index contributed by atoms with van der Waals surface area (Å²) in [5, 5.41) is 14.2. The van der Waals surface area contributed by atoms with Gasteiger partial charge in [0.1, 0.15) is 17.3 Å². The molecule has 1 aliphatic rings. The van der Waals surface area contributed by atoms with Gasteiger partial charge in [-0.25, -0.2) is 22.5 Å². The lowest BCUT2D eigenvalue weighted by molar-refractivity contribution is -0.136. The van der Waals surface area contributed by atoms with Crippen LogP contribution in [0.25, 0.3) is 11.0 Å². The number of thioether (sulfide) groups is 1. The molecule has 0 saturated carbocycles. The molecule has 5 aromatic rings. The molecule has 3 aromatic heterocycles. The molecular formula is C46H60Cl2F3N8O13PS. The van der Waals surface area contributed by atoms with Gasteiger partial charge in [-0.1, -0.05) is 35.0 Å². The van der Waals surface area contributed by atoms with Crippen molar-refractivity contribution in [3.8, 4) is 5.75 Å². The number of benzene rings is 2. The molecule has 6 rings (SSSR count). The SMILES string of the molecule is O=C(CCOCCOCCOCCOCCn1cc(COCCOCCOCCOCCN(Cc2ccccc2Cl)c2nc(Cl)nc3c2cnn3C2CCC(CSCP(O)O)O2)nn1)Oc1c(F)cc(F)cc1F. The fourth-order valence-corrected chi connectivity index (χ4v) is 9.01. The highest BCUT2D eigenvalue weighted by molar-refractivity contribution is 8.03. The summed E-state index contributed by atoms with van der Waals surface area (Å²) in [6.45, 7) is 6.47. The van der Waals surface area contributed by atoms with Crippen LogP contribution in [-0.2, 0) is 67.1 Å². The summed E-state index contributed by atoms with van der Waals surface area (Å²) in [6.07, 6.45) is 4.37. The topological polar surface area (TPSA) is 227 Å². The minimum absolute atomic E-state index is 0.0479. The normalized spacial score (nSPS) is 14.8. The Morgan fingerprint density at radius 3 is 2.09 bits per heavy atom. The first-order chi connectivity index (χ1) is 36.0. The summed E-state index contributed by atoms with van der Waals surface area (Å²) < 4.78 is 99.1. The second-order valence-electron chi connectivity index (χ2n) is 16.1. The van der Waals surface area contributed by atoms with Gasteiger partial charge in [0.2, 0.25) is 11.0 Å². The van der Waals surface area contributed by atoms with Crippen molar-refractivity contribution < 1.29 is 75.1 Å². The monoisotopic (exact) mass is 1120 g/mol. The Morgan fingerprint density at radius 2 is 1.43 bits per heavy atom. The van der Waals surface area contributed by atoms with Gasteiger partial charge in [0.15, 0.2) is 31.9 Å². The maximum Gasteiger partial charge on any atom is 0.313 e. The number of esters is 1. The number of nitrogens with zero attached hydrogens (tertiary/aromatic N) is 8. The number of ether oxygens (including phenoxy) is 10. The van der Waals surface area contributed by atoms with E-state index in [4.69, 9.17) is 65.8 Å². The van der Waals surface area contributed by atoms with Gasteiger partial charge in [0.25, 0.3) is 0 Å². The molecule has 408 valence electrons. The van der Waals surface area contributed by atoms with Gasteiger partial charge < -0.3 is 62.1 Å². The molecule has 1 aliphatic heterocycles. The molecule has 0 radical (unpaired) electrons. The van der Waals surface area contributed by atoms with Crippen molar-refractivity contribution in [2.75, 3.05) is 122 Å². The van der Waals surface area contributed by atoms with Gasteiger partial charge in [0.05, 0.1) is 148 Å². The number of carbonyl (C=O) groups is 1. The number of anilines is 1. The van der Waals surface area contributed by atoms with E-state index in [9.17, 15) is 27.8 Å². The summed E-state index contributed by atoms with van der Waals surface area (Å²) in [6, 6.07) is 8.45. The van der Waals surface area contributed by atoms with E-state index in [2.05, 4.69) is 30.1 Å². The number of halogens is 5. The van der Waals surface area contributed by atoms with Gasteiger partial charge in [-0.3, -0.25) is 4.79 Å². The Hall–Kier alpha value is -3.89. The number of hydrogen-bond donors (Lipinski definition) is 2. The lowest BCUT2D eigenvalue weighted by atomic mass is 10.2. The number of carbonyl (C=O) groups excluding carboxylic acids is 1. The number of hydrogen-bond acceptors (Lipinski definition) is 20. The maximum atomic E-state index is 13.6. The van der Waals surface area contributed by atoms with Crippen LogP contribution < -0.4 is 9.64 Å². The highest BCUT2D eigenvalue weighted by Gasteiger charge is 2.30. The molecule has 2 atom stereocenters. The number of rotatable bonds is 38. The molecule has 1 fully saturated rings. The van der Waals surface area contributed by atoms with E-state index in [0.717, 1.165) is 18.4 Å². The molecular weight excluding hydrogens is 1060 g/mol. The Bertz CT molecular complexity index is 2420. The van der Waals surface area contributed by atoms with Crippen molar-refractivity contribution in [3.05, 3.63) is 87.8 Å². The van der Waals surface area contributed by atoms with E-state index in [1.807, 2.05) is 29.2 Å². The van der Waals surface area contributed by atoms with Crippen LogP contribution >= 0.6 is 43.3 Å². The van der Waals surface area contributed by atoms with Gasteiger partial charge in [0, 0.05) is 36.0 Å². The minimum atomic E-state index is -1.95. The fourth-order valence-electron chi connectivity index (χ4n) is 7.08. The van der Waals surface area contributed by atoms with E-state index in [1.165, 1.54) is 11.8 Å². The van der Waals surface area contributed by atoms with Gasteiger partial charge in [-0.15, -0.1) is 16.9 Å². The number of fused-ring (bicyclic) bond motifs is 1. The van der Waals surface area contributed by atoms with Gasteiger partial charge >= 0.3 is 5.97 Å². The van der Waals surface area contributed by atoms with Crippen LogP contribution in [-0.4, -0.2) is 173 Å². The molecule has 2 unspecified atom stereocenters. The van der Waals surface area contributed by atoms with E-state index >= 15 is 0 Å². The summed E-state index contributed by atoms with van der Waals surface area (Å²) in [4.78, 5) is 41.5. The Kier molecular flexibility index (Phi) is 26.7. The molecule has 1 saturated heterocycles. The zero-order chi connectivity index (χ0) is 52.3. The lowest BCUT2D eigenvalue weighted by Crippen LogP contribution is -2.29. The third-order valence-corrected chi connectivity index (χ3v) is 13.4. The molecule has 0 spiro atoms. The molecule has 2 aromatic carbocycles. The Labute approximate surface area is 441 Å². The average Bonchev–Trinajstić information content (AvgIpc) is 4.15. The first-order valence-electron chi connectivity index (χ1n) is 23.7. The molecule has 4 heterocycles. The third-order valence-electron chi connectivity index (χ3n) is 10.6.